The quantitative estimate of drug-likeness (QED) is 0.653. The van der Waals surface area contributed by atoms with Crippen molar-refractivity contribution in [3.8, 4) is 5.75 Å². The highest BCUT2D eigenvalue weighted by Gasteiger charge is 2.04. The smallest absolute Gasteiger partial charge is 0.329 e. The van der Waals surface area contributed by atoms with Gasteiger partial charge in [-0.05, 0) is 30.7 Å². The van der Waals surface area contributed by atoms with E-state index in [2.05, 4.69) is 10.6 Å². The van der Waals surface area contributed by atoms with E-state index in [4.69, 9.17) is 14.6 Å². The number of aryl methyl sites for hydroxylation is 1. The molecule has 0 spiro atoms. The number of carboxylic acids is 1. The van der Waals surface area contributed by atoms with Gasteiger partial charge >= 0.3 is 12.0 Å². The second kappa shape index (κ2) is 8.00. The molecule has 0 saturated carbocycles. The number of hydrogen-bond acceptors (Lipinski definition) is 4. The number of carboxylic acid groups (broad SMARTS) is 1. The molecule has 1 aromatic carbocycles. The van der Waals surface area contributed by atoms with E-state index in [1.165, 1.54) is 0 Å². The number of amides is 2. The first-order chi connectivity index (χ1) is 9.52. The van der Waals surface area contributed by atoms with E-state index in [9.17, 15) is 9.59 Å². The van der Waals surface area contributed by atoms with Crippen LogP contribution in [0.15, 0.2) is 18.2 Å². The van der Waals surface area contributed by atoms with Crippen molar-refractivity contribution in [1.29, 1.82) is 0 Å². The van der Waals surface area contributed by atoms with Crippen LogP contribution in [0.3, 0.4) is 0 Å². The Labute approximate surface area is 116 Å². The highest BCUT2D eigenvalue weighted by atomic mass is 16.5. The Balaban J connectivity index is 2.31. The molecule has 0 aliphatic heterocycles. The minimum absolute atomic E-state index is 0.140. The molecule has 0 radical (unpaired) electrons. The molecular weight excluding hydrogens is 264 g/mol. The third-order valence-electron chi connectivity index (χ3n) is 2.41. The first kappa shape index (κ1) is 15.8. The van der Waals surface area contributed by atoms with Gasteiger partial charge in [0.05, 0.1) is 13.7 Å². The molecule has 0 aliphatic carbocycles. The van der Waals surface area contributed by atoms with Crippen molar-refractivity contribution in [1.82, 2.24) is 5.32 Å². The van der Waals surface area contributed by atoms with Crippen LogP contribution >= 0.6 is 0 Å². The normalized spacial score (nSPS) is 9.90. The first-order valence-corrected chi connectivity index (χ1v) is 6.02. The SMILES string of the molecule is COc1ccc(NC(=O)NCCOCC(=O)O)cc1C. The lowest BCUT2D eigenvalue weighted by Gasteiger charge is -2.10. The molecular formula is C13H18N2O5. The molecule has 0 aliphatic rings. The van der Waals surface area contributed by atoms with Crippen molar-refractivity contribution in [3.05, 3.63) is 23.8 Å². The van der Waals surface area contributed by atoms with E-state index in [1.54, 1.807) is 25.3 Å². The number of hydrogen-bond donors (Lipinski definition) is 3. The molecule has 3 N–H and O–H groups in total. The van der Waals surface area contributed by atoms with E-state index in [0.29, 0.717) is 5.69 Å². The van der Waals surface area contributed by atoms with Crippen LogP contribution in [0, 0.1) is 6.92 Å². The summed E-state index contributed by atoms with van der Waals surface area (Å²) in [5.41, 5.74) is 1.56. The van der Waals surface area contributed by atoms with E-state index in [0.717, 1.165) is 11.3 Å². The number of carbonyl (C=O) groups excluding carboxylic acids is 1. The maximum Gasteiger partial charge on any atom is 0.329 e. The summed E-state index contributed by atoms with van der Waals surface area (Å²) >= 11 is 0. The van der Waals surface area contributed by atoms with Crippen molar-refractivity contribution in [2.24, 2.45) is 0 Å². The molecule has 7 nitrogen and oxygen atoms in total. The molecule has 0 atom stereocenters. The zero-order chi connectivity index (χ0) is 15.0. The summed E-state index contributed by atoms with van der Waals surface area (Å²) in [6, 6.07) is 4.90. The highest BCUT2D eigenvalue weighted by molar-refractivity contribution is 5.89. The summed E-state index contributed by atoms with van der Waals surface area (Å²) in [4.78, 5) is 21.7. The zero-order valence-corrected chi connectivity index (χ0v) is 11.4. The predicted molar refractivity (Wildman–Crippen MR) is 73.2 cm³/mol. The monoisotopic (exact) mass is 282 g/mol. The van der Waals surface area contributed by atoms with Gasteiger partial charge in [-0.2, -0.15) is 0 Å². The van der Waals surface area contributed by atoms with Crippen LogP contribution in [0.25, 0.3) is 0 Å². The number of benzene rings is 1. The molecule has 0 saturated heterocycles. The Kier molecular flexibility index (Phi) is 6.31. The van der Waals surface area contributed by atoms with Gasteiger partial charge in [0, 0.05) is 12.2 Å². The molecule has 0 heterocycles. The fourth-order valence-electron chi connectivity index (χ4n) is 1.53. The topological polar surface area (TPSA) is 96.9 Å². The Hall–Kier alpha value is -2.28. The lowest BCUT2D eigenvalue weighted by Crippen LogP contribution is -2.32. The summed E-state index contributed by atoms with van der Waals surface area (Å²) in [5, 5.41) is 13.6. The average Bonchev–Trinajstić information content (AvgIpc) is 2.38. The molecule has 0 unspecified atom stereocenters. The third-order valence-corrected chi connectivity index (χ3v) is 2.41. The molecule has 1 aromatic rings. The van der Waals surface area contributed by atoms with Gasteiger partial charge in [-0.15, -0.1) is 0 Å². The van der Waals surface area contributed by atoms with Gasteiger partial charge in [0.15, 0.2) is 0 Å². The number of rotatable bonds is 7. The van der Waals surface area contributed by atoms with Crippen LogP contribution < -0.4 is 15.4 Å². The first-order valence-electron chi connectivity index (χ1n) is 6.02. The van der Waals surface area contributed by atoms with Gasteiger partial charge in [-0.25, -0.2) is 9.59 Å². The highest BCUT2D eigenvalue weighted by Crippen LogP contribution is 2.21. The molecule has 1 rings (SSSR count). The largest absolute Gasteiger partial charge is 0.496 e. The fourth-order valence-corrected chi connectivity index (χ4v) is 1.53. The zero-order valence-electron chi connectivity index (χ0n) is 11.4. The number of urea groups is 1. The standard InChI is InChI=1S/C13H18N2O5/c1-9-7-10(3-4-11(9)19-2)15-13(18)14-5-6-20-8-12(16)17/h3-4,7H,5-6,8H2,1-2H3,(H,16,17)(H2,14,15,18). The number of nitrogens with one attached hydrogen (secondary N) is 2. The molecule has 110 valence electrons. The Morgan fingerprint density at radius 1 is 1.35 bits per heavy atom. The summed E-state index contributed by atoms with van der Waals surface area (Å²) in [6.45, 7) is 1.87. The van der Waals surface area contributed by atoms with E-state index >= 15 is 0 Å². The predicted octanol–water partition coefficient (Wildman–Crippen LogP) is 1.23. The maximum atomic E-state index is 11.5. The van der Waals surface area contributed by atoms with Gasteiger partial charge in [-0.1, -0.05) is 0 Å². The number of carbonyl (C=O) groups is 2. The van der Waals surface area contributed by atoms with Crippen LogP contribution in [0.1, 0.15) is 5.56 Å². The van der Waals surface area contributed by atoms with Crippen molar-refractivity contribution in [2.75, 3.05) is 32.2 Å². The van der Waals surface area contributed by atoms with Crippen LogP contribution in [0.5, 0.6) is 5.75 Å². The lowest BCUT2D eigenvalue weighted by molar-refractivity contribution is -0.142. The van der Waals surface area contributed by atoms with Crippen LogP contribution in [0.4, 0.5) is 10.5 Å². The van der Waals surface area contributed by atoms with E-state index < -0.39 is 5.97 Å². The Bertz CT molecular complexity index is 476. The summed E-state index contributed by atoms with van der Waals surface area (Å²) < 4.78 is 9.91. The van der Waals surface area contributed by atoms with Gasteiger partial charge < -0.3 is 25.2 Å². The maximum absolute atomic E-state index is 11.5. The summed E-state index contributed by atoms with van der Waals surface area (Å²) in [6.07, 6.45) is 0. The second-order valence-corrected chi connectivity index (χ2v) is 4.01. The van der Waals surface area contributed by atoms with E-state index in [-0.39, 0.29) is 25.8 Å². The van der Waals surface area contributed by atoms with Crippen LogP contribution in [-0.4, -0.2) is 44.0 Å². The van der Waals surface area contributed by atoms with Gasteiger partial charge in [-0.3, -0.25) is 0 Å². The summed E-state index contributed by atoms with van der Waals surface area (Å²) in [5.74, 6) is -0.291. The minimum atomic E-state index is -1.04. The van der Waals surface area contributed by atoms with Crippen LogP contribution in [0.2, 0.25) is 0 Å². The van der Waals surface area contributed by atoms with Crippen molar-refractivity contribution in [3.63, 3.8) is 0 Å². The van der Waals surface area contributed by atoms with Gasteiger partial charge in [0.25, 0.3) is 0 Å². The fraction of sp³-hybridized carbons (Fsp3) is 0.385. The number of aliphatic carboxylic acids is 1. The molecule has 0 aromatic heterocycles. The Morgan fingerprint density at radius 2 is 2.10 bits per heavy atom. The molecule has 0 fully saturated rings. The van der Waals surface area contributed by atoms with Crippen LogP contribution in [-0.2, 0) is 9.53 Å². The number of anilines is 1. The Morgan fingerprint density at radius 3 is 2.70 bits per heavy atom. The summed E-state index contributed by atoms with van der Waals surface area (Å²) in [7, 11) is 1.58. The van der Waals surface area contributed by atoms with Crippen molar-refractivity contribution >= 4 is 17.7 Å². The molecule has 0 bridgehead atoms. The lowest BCUT2D eigenvalue weighted by atomic mass is 10.2. The number of ether oxygens (including phenoxy) is 2. The second-order valence-electron chi connectivity index (χ2n) is 4.01. The molecule has 2 amide bonds. The molecule has 20 heavy (non-hydrogen) atoms. The third kappa shape index (κ3) is 5.57. The van der Waals surface area contributed by atoms with Crippen molar-refractivity contribution < 1.29 is 24.2 Å². The van der Waals surface area contributed by atoms with Crippen molar-refractivity contribution in [2.45, 2.75) is 6.92 Å². The van der Waals surface area contributed by atoms with E-state index in [1.807, 2.05) is 6.92 Å². The minimum Gasteiger partial charge on any atom is -0.496 e. The van der Waals surface area contributed by atoms with Gasteiger partial charge in [0.1, 0.15) is 12.4 Å². The average molecular weight is 282 g/mol. The van der Waals surface area contributed by atoms with Gasteiger partial charge in [0.2, 0.25) is 0 Å². The number of methoxy groups -OCH3 is 1. The molecule has 7 heteroatoms.